The maximum Gasteiger partial charge on any atom is 0.257 e. The maximum absolute atomic E-state index is 12.5. The van der Waals surface area contributed by atoms with E-state index in [1.165, 1.54) is 0 Å². The molecule has 0 spiro atoms. The summed E-state index contributed by atoms with van der Waals surface area (Å²) in [6.45, 7) is 4.64. The van der Waals surface area contributed by atoms with E-state index in [2.05, 4.69) is 15.6 Å². The van der Waals surface area contributed by atoms with Crippen LogP contribution in [0.15, 0.2) is 53.2 Å². The molecule has 0 unspecified atom stereocenters. The molecular weight excluding hydrogens is 318 g/mol. The average Bonchev–Trinajstić information content (AvgIpc) is 3.09. The predicted octanol–water partition coefficient (Wildman–Crippen LogP) is 4.09. The number of hydrogen-bond acceptors (Lipinski definition) is 5. The topological polar surface area (TPSA) is 77.2 Å². The summed E-state index contributed by atoms with van der Waals surface area (Å²) in [7, 11) is 0. The van der Waals surface area contributed by atoms with E-state index in [1.807, 2.05) is 44.2 Å². The summed E-state index contributed by atoms with van der Waals surface area (Å²) >= 11 is 0. The number of nitrogens with zero attached hydrogens (tertiary/aromatic N) is 2. The zero-order valence-corrected chi connectivity index (χ0v) is 14.2. The molecule has 1 heterocycles. The van der Waals surface area contributed by atoms with Crippen LogP contribution in [0.4, 0.5) is 5.82 Å². The van der Waals surface area contributed by atoms with Gasteiger partial charge in [-0.2, -0.15) is 0 Å². The van der Waals surface area contributed by atoms with Gasteiger partial charge >= 0.3 is 0 Å². The van der Waals surface area contributed by atoms with Gasteiger partial charge in [0.05, 0.1) is 6.61 Å². The molecule has 0 saturated heterocycles. The van der Waals surface area contributed by atoms with Gasteiger partial charge in [0.25, 0.3) is 5.91 Å². The van der Waals surface area contributed by atoms with Gasteiger partial charge in [-0.25, -0.2) is 4.63 Å². The van der Waals surface area contributed by atoms with Crippen molar-refractivity contribution < 1.29 is 14.2 Å². The summed E-state index contributed by atoms with van der Waals surface area (Å²) in [6, 6.07) is 14.8. The zero-order valence-electron chi connectivity index (χ0n) is 14.2. The number of rotatable bonds is 6. The Balaban J connectivity index is 1.78. The van der Waals surface area contributed by atoms with Crippen LogP contribution < -0.4 is 10.1 Å². The predicted molar refractivity (Wildman–Crippen MR) is 94.7 cm³/mol. The number of aryl methyl sites for hydroxylation is 1. The summed E-state index contributed by atoms with van der Waals surface area (Å²) < 4.78 is 10.4. The minimum atomic E-state index is -0.300. The van der Waals surface area contributed by atoms with Crippen molar-refractivity contribution in [2.24, 2.45) is 0 Å². The molecule has 3 rings (SSSR count). The molecule has 0 fully saturated rings. The van der Waals surface area contributed by atoms with Crippen LogP contribution >= 0.6 is 0 Å². The lowest BCUT2D eigenvalue weighted by molar-refractivity contribution is 0.102. The van der Waals surface area contributed by atoms with Gasteiger partial charge in [0.2, 0.25) is 5.82 Å². The number of ether oxygens (including phenoxy) is 1. The van der Waals surface area contributed by atoms with Crippen molar-refractivity contribution in [2.75, 3.05) is 11.9 Å². The minimum absolute atomic E-state index is 0.286. The largest absolute Gasteiger partial charge is 0.494 e. The van der Waals surface area contributed by atoms with Crippen LogP contribution in [-0.4, -0.2) is 22.8 Å². The van der Waals surface area contributed by atoms with Crippen molar-refractivity contribution in [1.29, 1.82) is 0 Å². The first kappa shape index (κ1) is 16.7. The molecule has 2 aromatic carbocycles. The van der Waals surface area contributed by atoms with E-state index in [4.69, 9.17) is 9.37 Å². The highest BCUT2D eigenvalue weighted by Crippen LogP contribution is 2.25. The van der Waals surface area contributed by atoms with Crippen molar-refractivity contribution in [3.05, 3.63) is 59.7 Å². The zero-order chi connectivity index (χ0) is 17.6. The maximum atomic E-state index is 12.5. The molecule has 0 aliphatic heterocycles. The minimum Gasteiger partial charge on any atom is -0.494 e. The lowest BCUT2D eigenvalue weighted by Crippen LogP contribution is -2.13. The van der Waals surface area contributed by atoms with Crippen LogP contribution in [0.2, 0.25) is 0 Å². The van der Waals surface area contributed by atoms with E-state index in [9.17, 15) is 4.79 Å². The van der Waals surface area contributed by atoms with E-state index in [1.54, 1.807) is 18.2 Å². The molecule has 0 saturated carbocycles. The molecule has 6 nitrogen and oxygen atoms in total. The molecule has 1 aromatic heterocycles. The molecule has 1 N–H and O–H groups in total. The number of hydrogen-bond donors (Lipinski definition) is 1. The summed E-state index contributed by atoms with van der Waals surface area (Å²) in [6.07, 6.45) is 0.904. The number of amides is 1. The molecule has 0 bridgehead atoms. The fourth-order valence-electron chi connectivity index (χ4n) is 2.30. The fraction of sp³-hybridized carbons (Fsp3) is 0.211. The molecule has 0 radical (unpaired) electrons. The number of benzene rings is 2. The highest BCUT2D eigenvalue weighted by atomic mass is 16.6. The standard InChI is InChI=1S/C19H19N3O3/c1-3-11-24-16-6-4-5-15(12-16)19(23)20-18-17(21-25-22-18)14-9-7-13(2)8-10-14/h4-10,12H,3,11H2,1-2H3,(H,20,22,23). The van der Waals surface area contributed by atoms with E-state index in [-0.39, 0.29) is 11.7 Å². The normalized spacial score (nSPS) is 10.5. The van der Waals surface area contributed by atoms with Gasteiger partial charge in [0.1, 0.15) is 5.75 Å². The number of anilines is 1. The van der Waals surface area contributed by atoms with Gasteiger partial charge < -0.3 is 10.1 Å². The summed E-state index contributed by atoms with van der Waals surface area (Å²) in [5, 5.41) is 10.4. The van der Waals surface area contributed by atoms with Gasteiger partial charge in [-0.1, -0.05) is 42.8 Å². The second-order valence-corrected chi connectivity index (χ2v) is 5.66. The van der Waals surface area contributed by atoms with Crippen molar-refractivity contribution in [1.82, 2.24) is 10.3 Å². The van der Waals surface area contributed by atoms with E-state index < -0.39 is 0 Å². The Morgan fingerprint density at radius 2 is 1.96 bits per heavy atom. The molecule has 0 aliphatic carbocycles. The van der Waals surface area contributed by atoms with Gasteiger partial charge in [-0.15, -0.1) is 0 Å². The highest BCUT2D eigenvalue weighted by molar-refractivity contribution is 6.05. The fourth-order valence-corrected chi connectivity index (χ4v) is 2.30. The van der Waals surface area contributed by atoms with Crippen molar-refractivity contribution in [3.63, 3.8) is 0 Å². The van der Waals surface area contributed by atoms with Gasteiger partial charge in [0, 0.05) is 11.1 Å². The summed E-state index contributed by atoms with van der Waals surface area (Å²) in [4.78, 5) is 12.5. The van der Waals surface area contributed by atoms with Crippen LogP contribution in [0.1, 0.15) is 29.3 Å². The molecule has 0 aliphatic rings. The summed E-state index contributed by atoms with van der Waals surface area (Å²) in [5.74, 6) is 0.645. The number of carbonyl (C=O) groups is 1. The Labute approximate surface area is 145 Å². The Morgan fingerprint density at radius 1 is 1.16 bits per heavy atom. The van der Waals surface area contributed by atoms with Crippen LogP contribution in [0.3, 0.4) is 0 Å². The molecule has 3 aromatic rings. The first-order chi connectivity index (χ1) is 12.2. The second kappa shape index (κ2) is 7.61. The van der Waals surface area contributed by atoms with Crippen LogP contribution in [-0.2, 0) is 0 Å². The van der Waals surface area contributed by atoms with Gasteiger partial charge in [0.15, 0.2) is 5.69 Å². The molecule has 0 atom stereocenters. The first-order valence-corrected chi connectivity index (χ1v) is 8.11. The quantitative estimate of drug-likeness (QED) is 0.733. The lowest BCUT2D eigenvalue weighted by Gasteiger charge is -2.07. The number of nitrogens with one attached hydrogen (secondary N) is 1. The molecule has 128 valence electrons. The van der Waals surface area contributed by atoms with E-state index in [0.717, 1.165) is 17.5 Å². The molecule has 6 heteroatoms. The molecular formula is C19H19N3O3. The van der Waals surface area contributed by atoms with Crippen LogP contribution in [0.25, 0.3) is 11.3 Å². The van der Waals surface area contributed by atoms with Crippen molar-refractivity contribution in [3.8, 4) is 17.0 Å². The SMILES string of the molecule is CCCOc1cccc(C(=O)Nc2nonc2-c2ccc(C)cc2)c1. The third-order valence-electron chi connectivity index (χ3n) is 3.61. The Morgan fingerprint density at radius 3 is 2.72 bits per heavy atom. The van der Waals surface area contributed by atoms with Gasteiger partial charge in [-0.05, 0) is 41.9 Å². The van der Waals surface area contributed by atoms with Crippen molar-refractivity contribution >= 4 is 11.7 Å². The monoisotopic (exact) mass is 337 g/mol. The average molecular weight is 337 g/mol. The third-order valence-corrected chi connectivity index (χ3v) is 3.61. The van der Waals surface area contributed by atoms with Crippen LogP contribution in [0.5, 0.6) is 5.75 Å². The summed E-state index contributed by atoms with van der Waals surface area (Å²) in [5.41, 5.74) is 2.93. The Bertz CT molecular complexity index is 856. The lowest BCUT2D eigenvalue weighted by atomic mass is 10.1. The second-order valence-electron chi connectivity index (χ2n) is 5.66. The Kier molecular flexibility index (Phi) is 5.09. The molecule has 25 heavy (non-hydrogen) atoms. The van der Waals surface area contributed by atoms with E-state index >= 15 is 0 Å². The first-order valence-electron chi connectivity index (χ1n) is 8.11. The number of carbonyl (C=O) groups excluding carboxylic acids is 1. The smallest absolute Gasteiger partial charge is 0.257 e. The Hall–Kier alpha value is -3.15. The number of aromatic nitrogens is 2. The molecule has 1 amide bonds. The van der Waals surface area contributed by atoms with Crippen molar-refractivity contribution in [2.45, 2.75) is 20.3 Å². The third kappa shape index (κ3) is 4.03. The van der Waals surface area contributed by atoms with Gasteiger partial charge in [-0.3, -0.25) is 4.79 Å². The van der Waals surface area contributed by atoms with E-state index in [0.29, 0.717) is 23.6 Å². The van der Waals surface area contributed by atoms with Crippen LogP contribution in [0, 0.1) is 6.92 Å². The highest BCUT2D eigenvalue weighted by Gasteiger charge is 2.16.